The van der Waals surface area contributed by atoms with Gasteiger partial charge < -0.3 is 9.47 Å². The van der Waals surface area contributed by atoms with Crippen molar-refractivity contribution in [2.24, 2.45) is 7.05 Å². The highest BCUT2D eigenvalue weighted by molar-refractivity contribution is 5.08. The molecule has 0 radical (unpaired) electrons. The smallest absolute Gasteiger partial charge is 0.0995 e. The molecule has 1 aliphatic carbocycles. The van der Waals surface area contributed by atoms with Crippen molar-refractivity contribution < 1.29 is 9.47 Å². The van der Waals surface area contributed by atoms with Gasteiger partial charge in [-0.25, -0.2) is 0 Å². The molecule has 0 amide bonds. The summed E-state index contributed by atoms with van der Waals surface area (Å²) in [4.78, 5) is 6.66. The van der Waals surface area contributed by atoms with Crippen LogP contribution < -0.4 is 0 Å². The number of aryl methyl sites for hydroxylation is 1. The van der Waals surface area contributed by atoms with Gasteiger partial charge in [0.1, 0.15) is 0 Å². The number of nitrogens with zero attached hydrogens (tertiary/aromatic N) is 4. The second-order valence-electron chi connectivity index (χ2n) is 6.68. The molecular weight excluding hydrogens is 304 g/mol. The molecule has 128 valence electrons. The number of hydrogen-bond donors (Lipinski definition) is 0. The Morgan fingerprint density at radius 3 is 3.04 bits per heavy atom. The SMILES string of the molecule is Cn1cc(CN2CCO[C@H]3CC[C@H]2[C@@H]3OCc2cccnc2)cn1. The third-order valence-corrected chi connectivity index (χ3v) is 4.98. The number of pyridine rings is 1. The van der Waals surface area contributed by atoms with Crippen LogP contribution in [0.2, 0.25) is 0 Å². The van der Waals surface area contributed by atoms with E-state index >= 15 is 0 Å². The maximum atomic E-state index is 6.28. The van der Waals surface area contributed by atoms with Gasteiger partial charge in [0.2, 0.25) is 0 Å². The van der Waals surface area contributed by atoms with E-state index in [-0.39, 0.29) is 12.2 Å². The fourth-order valence-corrected chi connectivity index (χ4v) is 3.85. The van der Waals surface area contributed by atoms with Gasteiger partial charge in [0, 0.05) is 50.3 Å². The molecular formula is C18H24N4O2. The molecule has 6 heteroatoms. The molecule has 2 aromatic rings. The summed E-state index contributed by atoms with van der Waals surface area (Å²) in [6.07, 6.45) is 10.2. The summed E-state index contributed by atoms with van der Waals surface area (Å²) in [6, 6.07) is 4.42. The first-order valence-electron chi connectivity index (χ1n) is 8.63. The highest BCUT2D eigenvalue weighted by atomic mass is 16.5. The fourth-order valence-electron chi connectivity index (χ4n) is 3.85. The Labute approximate surface area is 142 Å². The van der Waals surface area contributed by atoms with Crippen molar-refractivity contribution in [2.75, 3.05) is 13.2 Å². The van der Waals surface area contributed by atoms with Crippen LogP contribution >= 0.6 is 0 Å². The minimum absolute atomic E-state index is 0.129. The molecule has 1 aliphatic heterocycles. The molecule has 3 atom stereocenters. The Morgan fingerprint density at radius 2 is 2.25 bits per heavy atom. The Hall–Kier alpha value is -1.76. The Kier molecular flexibility index (Phi) is 4.60. The molecule has 1 saturated heterocycles. The van der Waals surface area contributed by atoms with Gasteiger partial charge in [0.15, 0.2) is 0 Å². The van der Waals surface area contributed by atoms with Gasteiger partial charge in [0.25, 0.3) is 0 Å². The molecule has 0 unspecified atom stereocenters. The zero-order valence-corrected chi connectivity index (χ0v) is 14.0. The van der Waals surface area contributed by atoms with Crippen molar-refractivity contribution >= 4 is 0 Å². The predicted molar refractivity (Wildman–Crippen MR) is 89.2 cm³/mol. The van der Waals surface area contributed by atoms with Crippen molar-refractivity contribution in [3.63, 3.8) is 0 Å². The minimum atomic E-state index is 0.129. The summed E-state index contributed by atoms with van der Waals surface area (Å²) in [5.41, 5.74) is 2.36. The van der Waals surface area contributed by atoms with Gasteiger partial charge in [-0.15, -0.1) is 0 Å². The summed E-state index contributed by atoms with van der Waals surface area (Å²) in [5, 5.41) is 4.28. The van der Waals surface area contributed by atoms with Crippen LogP contribution in [0, 0.1) is 0 Å². The minimum Gasteiger partial charge on any atom is -0.374 e. The van der Waals surface area contributed by atoms with E-state index in [9.17, 15) is 0 Å². The van der Waals surface area contributed by atoms with E-state index in [1.807, 2.05) is 30.2 Å². The molecule has 2 aliphatic rings. The zero-order valence-electron chi connectivity index (χ0n) is 14.0. The maximum Gasteiger partial charge on any atom is 0.0995 e. The second kappa shape index (κ2) is 7.01. The van der Waals surface area contributed by atoms with Crippen molar-refractivity contribution in [2.45, 2.75) is 44.2 Å². The first-order valence-corrected chi connectivity index (χ1v) is 8.63. The summed E-state index contributed by atoms with van der Waals surface area (Å²) in [5.74, 6) is 0. The molecule has 3 heterocycles. The maximum absolute atomic E-state index is 6.28. The third kappa shape index (κ3) is 3.36. The van der Waals surface area contributed by atoms with Gasteiger partial charge in [-0.05, 0) is 24.5 Å². The quantitative estimate of drug-likeness (QED) is 0.837. The van der Waals surface area contributed by atoms with Crippen molar-refractivity contribution in [1.29, 1.82) is 0 Å². The monoisotopic (exact) mass is 328 g/mol. The van der Waals surface area contributed by atoms with Crippen LogP contribution in [0.5, 0.6) is 0 Å². The van der Waals surface area contributed by atoms with E-state index in [0.29, 0.717) is 12.6 Å². The molecule has 1 saturated carbocycles. The molecule has 2 aromatic heterocycles. The molecule has 0 spiro atoms. The average Bonchev–Trinajstić information content (AvgIpc) is 3.13. The highest BCUT2D eigenvalue weighted by Gasteiger charge is 2.43. The summed E-state index contributed by atoms with van der Waals surface area (Å²) < 4.78 is 14.2. The Morgan fingerprint density at radius 1 is 1.29 bits per heavy atom. The number of hydrogen-bond acceptors (Lipinski definition) is 5. The Balaban J connectivity index is 1.45. The van der Waals surface area contributed by atoms with Crippen LogP contribution in [0.4, 0.5) is 0 Å². The highest BCUT2D eigenvalue weighted by Crippen LogP contribution is 2.33. The molecule has 2 fully saturated rings. The van der Waals surface area contributed by atoms with Crippen LogP contribution in [0.15, 0.2) is 36.9 Å². The molecule has 6 nitrogen and oxygen atoms in total. The first kappa shape index (κ1) is 15.7. The predicted octanol–water partition coefficient (Wildman–Crippen LogP) is 1.76. The van der Waals surface area contributed by atoms with Crippen LogP contribution in [-0.4, -0.2) is 51.1 Å². The standard InChI is InChI=1S/C18H24N4O2/c1-21-11-15(10-20-21)12-22-7-8-23-17-5-4-16(22)18(17)24-13-14-3-2-6-19-9-14/h2-3,6,9-11,16-18H,4-5,7-8,12-13H2,1H3/t16-,17-,18-/m0/s1. The topological polar surface area (TPSA) is 52.4 Å². The van der Waals surface area contributed by atoms with Gasteiger partial charge in [-0.1, -0.05) is 6.07 Å². The van der Waals surface area contributed by atoms with E-state index in [1.54, 1.807) is 6.20 Å². The number of ether oxygens (including phenoxy) is 2. The summed E-state index contributed by atoms with van der Waals surface area (Å²) in [6.45, 7) is 3.22. The first-order chi connectivity index (χ1) is 11.8. The third-order valence-electron chi connectivity index (χ3n) is 4.98. The van der Waals surface area contributed by atoms with Gasteiger partial charge in [-0.3, -0.25) is 14.6 Å². The number of rotatable bonds is 5. The zero-order chi connectivity index (χ0) is 16.4. The van der Waals surface area contributed by atoms with E-state index < -0.39 is 0 Å². The van der Waals surface area contributed by atoms with Crippen LogP contribution in [0.3, 0.4) is 0 Å². The van der Waals surface area contributed by atoms with Crippen molar-refractivity contribution in [1.82, 2.24) is 19.7 Å². The molecule has 0 aromatic carbocycles. The molecule has 24 heavy (non-hydrogen) atoms. The van der Waals surface area contributed by atoms with E-state index in [0.717, 1.165) is 38.1 Å². The fraction of sp³-hybridized carbons (Fsp3) is 0.556. The van der Waals surface area contributed by atoms with Crippen molar-refractivity contribution in [3.8, 4) is 0 Å². The molecule has 4 rings (SSSR count). The number of aromatic nitrogens is 3. The normalized spacial score (nSPS) is 27.3. The summed E-state index contributed by atoms with van der Waals surface area (Å²) in [7, 11) is 1.96. The van der Waals surface area contributed by atoms with Gasteiger partial charge >= 0.3 is 0 Å². The lowest BCUT2D eigenvalue weighted by molar-refractivity contribution is -0.0614. The summed E-state index contributed by atoms with van der Waals surface area (Å²) >= 11 is 0. The lowest BCUT2D eigenvalue weighted by Crippen LogP contribution is -2.42. The lowest BCUT2D eigenvalue weighted by atomic mass is 10.1. The Bertz CT molecular complexity index is 660. The van der Waals surface area contributed by atoms with Gasteiger partial charge in [-0.2, -0.15) is 5.10 Å². The second-order valence-corrected chi connectivity index (χ2v) is 6.68. The van der Waals surface area contributed by atoms with Gasteiger partial charge in [0.05, 0.1) is 31.6 Å². The largest absolute Gasteiger partial charge is 0.374 e. The lowest BCUT2D eigenvalue weighted by Gasteiger charge is -2.30. The van der Waals surface area contributed by atoms with E-state index in [1.165, 1.54) is 5.56 Å². The van der Waals surface area contributed by atoms with E-state index in [2.05, 4.69) is 27.2 Å². The van der Waals surface area contributed by atoms with Crippen molar-refractivity contribution in [3.05, 3.63) is 48.0 Å². The molecule has 2 bridgehead atoms. The average molecular weight is 328 g/mol. The number of fused-ring (bicyclic) bond motifs is 2. The van der Waals surface area contributed by atoms with Crippen LogP contribution in [0.25, 0.3) is 0 Å². The van der Waals surface area contributed by atoms with E-state index in [4.69, 9.17) is 9.47 Å². The van der Waals surface area contributed by atoms with Crippen LogP contribution in [0.1, 0.15) is 24.0 Å². The van der Waals surface area contributed by atoms with Crippen LogP contribution in [-0.2, 0) is 29.7 Å². The molecule has 0 N–H and O–H groups in total.